The maximum atomic E-state index is 13.7. The number of rotatable bonds is 2. The summed E-state index contributed by atoms with van der Waals surface area (Å²) in [4.78, 5) is 41.4. The molecule has 0 radical (unpaired) electrons. The zero-order chi connectivity index (χ0) is 21.5. The van der Waals surface area contributed by atoms with E-state index in [1.54, 1.807) is 24.3 Å². The van der Waals surface area contributed by atoms with Crippen LogP contribution in [-0.2, 0) is 19.8 Å². The van der Waals surface area contributed by atoms with Gasteiger partial charge in [0.2, 0.25) is 11.8 Å². The predicted molar refractivity (Wildman–Crippen MR) is 109 cm³/mol. The van der Waals surface area contributed by atoms with Crippen LogP contribution < -0.4 is 4.90 Å². The Morgan fingerprint density at radius 1 is 0.839 bits per heavy atom. The molecule has 2 bridgehead atoms. The lowest BCUT2D eigenvalue weighted by Crippen LogP contribution is -2.57. The summed E-state index contributed by atoms with van der Waals surface area (Å²) in [6.45, 7) is 0. The van der Waals surface area contributed by atoms with E-state index in [2.05, 4.69) is 0 Å². The molecule has 1 saturated heterocycles. The molecule has 0 unspecified atom stereocenters. The van der Waals surface area contributed by atoms with Crippen LogP contribution in [0, 0.1) is 17.7 Å². The number of carbonyl (C=O) groups is 3. The fourth-order valence-electron chi connectivity index (χ4n) is 5.98. The molecule has 1 fully saturated rings. The molecule has 1 N–H and O–H groups in total. The van der Waals surface area contributed by atoms with Crippen LogP contribution in [-0.4, -0.2) is 22.9 Å². The third-order valence-corrected chi connectivity index (χ3v) is 7.04. The largest absolute Gasteiger partial charge is 0.480 e. The SMILES string of the molecule is O=C1[C@H]2C3c4ccccc4C(C(=O)O)(c4ccccc43)[C@H]2C(=O)N1c1ccc(F)cc1. The van der Waals surface area contributed by atoms with Crippen molar-refractivity contribution < 1.29 is 23.9 Å². The van der Waals surface area contributed by atoms with Gasteiger partial charge in [0.05, 0.1) is 17.5 Å². The second-order valence-corrected chi connectivity index (χ2v) is 8.26. The summed E-state index contributed by atoms with van der Waals surface area (Å²) in [5.74, 6) is -4.96. The molecule has 0 spiro atoms. The lowest BCUT2D eigenvalue weighted by atomic mass is 9.47. The quantitative estimate of drug-likeness (QED) is 0.653. The summed E-state index contributed by atoms with van der Waals surface area (Å²) in [5.41, 5.74) is 1.26. The molecule has 152 valence electrons. The number of anilines is 1. The Bertz CT molecular complexity index is 1250. The molecule has 3 aliphatic carbocycles. The lowest BCUT2D eigenvalue weighted by molar-refractivity contribution is -0.149. The molecule has 4 aliphatic rings. The van der Waals surface area contributed by atoms with Crippen LogP contribution in [0.2, 0.25) is 0 Å². The van der Waals surface area contributed by atoms with Crippen molar-refractivity contribution in [2.75, 3.05) is 4.90 Å². The van der Waals surface area contributed by atoms with Crippen LogP contribution in [0.5, 0.6) is 0 Å². The maximum Gasteiger partial charge on any atom is 0.319 e. The Balaban J connectivity index is 1.67. The smallest absolute Gasteiger partial charge is 0.319 e. The van der Waals surface area contributed by atoms with Gasteiger partial charge in [0, 0.05) is 5.92 Å². The van der Waals surface area contributed by atoms with Crippen molar-refractivity contribution in [2.45, 2.75) is 11.3 Å². The first-order chi connectivity index (χ1) is 15.0. The second kappa shape index (κ2) is 5.88. The average molecular weight is 413 g/mol. The number of hydrogen-bond donors (Lipinski definition) is 1. The van der Waals surface area contributed by atoms with Crippen molar-refractivity contribution in [2.24, 2.45) is 11.8 Å². The van der Waals surface area contributed by atoms with E-state index in [4.69, 9.17) is 0 Å². The number of aliphatic carboxylic acids is 1. The minimum absolute atomic E-state index is 0.249. The van der Waals surface area contributed by atoms with Gasteiger partial charge in [-0.05, 0) is 46.5 Å². The second-order valence-electron chi connectivity index (χ2n) is 8.26. The van der Waals surface area contributed by atoms with Crippen LogP contribution in [0.25, 0.3) is 0 Å². The molecule has 3 aromatic rings. The molecule has 2 amide bonds. The van der Waals surface area contributed by atoms with E-state index < -0.39 is 46.8 Å². The number of hydrogen-bond acceptors (Lipinski definition) is 3. The summed E-state index contributed by atoms with van der Waals surface area (Å²) < 4.78 is 13.5. The van der Waals surface area contributed by atoms with E-state index >= 15 is 0 Å². The summed E-state index contributed by atoms with van der Waals surface area (Å²) in [7, 11) is 0. The van der Waals surface area contributed by atoms with Gasteiger partial charge in [-0.2, -0.15) is 0 Å². The third kappa shape index (κ3) is 1.97. The van der Waals surface area contributed by atoms with Crippen molar-refractivity contribution >= 4 is 23.5 Å². The number of carboxylic acids is 1. The number of nitrogens with zero attached hydrogens (tertiary/aromatic N) is 1. The Labute approximate surface area is 176 Å². The summed E-state index contributed by atoms with van der Waals surface area (Å²) >= 11 is 0. The molecule has 0 saturated carbocycles. The zero-order valence-electron chi connectivity index (χ0n) is 16.2. The molecule has 3 aromatic carbocycles. The first-order valence-electron chi connectivity index (χ1n) is 10.0. The highest BCUT2D eigenvalue weighted by Gasteiger charge is 2.71. The van der Waals surface area contributed by atoms with Crippen LogP contribution in [0.15, 0.2) is 72.8 Å². The van der Waals surface area contributed by atoms with Gasteiger partial charge < -0.3 is 5.11 Å². The van der Waals surface area contributed by atoms with Gasteiger partial charge in [0.1, 0.15) is 11.2 Å². The highest BCUT2D eigenvalue weighted by atomic mass is 19.1. The summed E-state index contributed by atoms with van der Waals surface area (Å²) in [6.07, 6.45) is 0. The van der Waals surface area contributed by atoms with E-state index in [9.17, 15) is 23.9 Å². The minimum atomic E-state index is -1.66. The molecule has 2 atom stereocenters. The number of carbonyl (C=O) groups excluding carboxylic acids is 2. The Kier molecular flexibility index (Phi) is 3.41. The van der Waals surface area contributed by atoms with Crippen molar-refractivity contribution in [1.82, 2.24) is 0 Å². The van der Waals surface area contributed by atoms with Gasteiger partial charge in [-0.15, -0.1) is 0 Å². The van der Waals surface area contributed by atoms with Crippen LogP contribution >= 0.6 is 0 Å². The standard InChI is InChI=1S/C25H16FNO4/c26-13-9-11-14(12-10-13)27-22(28)20-19-15-5-1-3-7-17(15)25(24(30)31,21(20)23(27)29)18-8-4-2-6-16(18)19/h1-12,19-21H,(H,30,31)/t19?,20-,21+,25?/m0/s1. The van der Waals surface area contributed by atoms with Crippen molar-refractivity contribution in [3.63, 3.8) is 0 Å². The predicted octanol–water partition coefficient (Wildman–Crippen LogP) is 3.46. The van der Waals surface area contributed by atoms with E-state index in [1.165, 1.54) is 24.3 Å². The fraction of sp³-hybridized carbons (Fsp3) is 0.160. The van der Waals surface area contributed by atoms with Gasteiger partial charge in [-0.25, -0.2) is 9.29 Å². The Morgan fingerprint density at radius 3 is 1.94 bits per heavy atom. The third-order valence-electron chi connectivity index (χ3n) is 7.04. The lowest BCUT2D eigenvalue weighted by Gasteiger charge is -2.51. The molecular weight excluding hydrogens is 397 g/mol. The number of benzene rings is 3. The first-order valence-corrected chi connectivity index (χ1v) is 10.0. The van der Waals surface area contributed by atoms with E-state index in [0.29, 0.717) is 11.1 Å². The zero-order valence-corrected chi connectivity index (χ0v) is 16.2. The average Bonchev–Trinajstić information content (AvgIpc) is 3.05. The number of carboxylic acid groups (broad SMARTS) is 1. The number of halogens is 1. The molecule has 7 rings (SSSR count). The molecule has 1 aliphatic heterocycles. The van der Waals surface area contributed by atoms with Crippen LogP contribution in [0.1, 0.15) is 28.2 Å². The fourth-order valence-corrected chi connectivity index (χ4v) is 5.98. The Morgan fingerprint density at radius 2 is 1.39 bits per heavy atom. The highest BCUT2D eigenvalue weighted by molar-refractivity contribution is 6.25. The van der Waals surface area contributed by atoms with Crippen LogP contribution in [0.4, 0.5) is 10.1 Å². The number of imide groups is 1. The Hall–Kier alpha value is -3.80. The summed E-state index contributed by atoms with van der Waals surface area (Å²) in [5, 5.41) is 10.6. The minimum Gasteiger partial charge on any atom is -0.480 e. The topological polar surface area (TPSA) is 74.7 Å². The monoisotopic (exact) mass is 413 g/mol. The van der Waals surface area contributed by atoms with Crippen molar-refractivity contribution in [1.29, 1.82) is 0 Å². The van der Waals surface area contributed by atoms with E-state index in [0.717, 1.165) is 16.0 Å². The van der Waals surface area contributed by atoms with E-state index in [-0.39, 0.29) is 5.69 Å². The van der Waals surface area contributed by atoms with Crippen molar-refractivity contribution in [3.05, 3.63) is 101 Å². The van der Waals surface area contributed by atoms with Gasteiger partial charge in [0.15, 0.2) is 0 Å². The van der Waals surface area contributed by atoms with Crippen molar-refractivity contribution in [3.8, 4) is 0 Å². The van der Waals surface area contributed by atoms with Gasteiger partial charge in [-0.3, -0.25) is 14.4 Å². The first kappa shape index (κ1) is 18.0. The van der Waals surface area contributed by atoms with Crippen LogP contribution in [0.3, 0.4) is 0 Å². The van der Waals surface area contributed by atoms with Gasteiger partial charge >= 0.3 is 5.97 Å². The molecular formula is C25H16FNO4. The molecule has 31 heavy (non-hydrogen) atoms. The van der Waals surface area contributed by atoms with Gasteiger partial charge in [0.25, 0.3) is 0 Å². The van der Waals surface area contributed by atoms with Gasteiger partial charge in [-0.1, -0.05) is 48.5 Å². The van der Waals surface area contributed by atoms with E-state index in [1.807, 2.05) is 24.3 Å². The molecule has 0 aromatic heterocycles. The molecule has 1 heterocycles. The normalized spacial score (nSPS) is 27.6. The number of amides is 2. The molecule has 5 nitrogen and oxygen atoms in total. The molecule has 6 heteroatoms. The maximum absolute atomic E-state index is 13.7. The summed E-state index contributed by atoms with van der Waals surface area (Å²) in [6, 6.07) is 19.5. The highest BCUT2D eigenvalue weighted by Crippen LogP contribution is 2.64.